The highest BCUT2D eigenvalue weighted by Crippen LogP contribution is 2.14. The number of hydrogen-bond acceptors (Lipinski definition) is 3. The van der Waals surface area contributed by atoms with Crippen LogP contribution in [0.15, 0.2) is 18.2 Å². The molecule has 0 unspecified atom stereocenters. The second kappa shape index (κ2) is 5.94. The van der Waals surface area contributed by atoms with Crippen molar-refractivity contribution in [2.24, 2.45) is 0 Å². The first kappa shape index (κ1) is 12.3. The standard InChI is InChI=1S/C13H16N2O/c1-10(16)12-9-11(6-7-13(12)14)5-3-4-8-15-2/h6-7,9,15H,4,8,14H2,1-2H3. The van der Waals surface area contributed by atoms with Gasteiger partial charge in [0, 0.05) is 29.8 Å². The number of carbonyl (C=O) groups excluding carboxylic acids is 1. The van der Waals surface area contributed by atoms with E-state index >= 15 is 0 Å². The molecule has 0 saturated carbocycles. The van der Waals surface area contributed by atoms with Gasteiger partial charge in [-0.1, -0.05) is 11.8 Å². The first-order valence-corrected chi connectivity index (χ1v) is 5.19. The molecule has 1 aromatic carbocycles. The van der Waals surface area contributed by atoms with Crippen LogP contribution in [0.25, 0.3) is 0 Å². The third-order valence-electron chi connectivity index (χ3n) is 2.17. The second-order valence-electron chi connectivity index (χ2n) is 3.51. The van der Waals surface area contributed by atoms with Crippen molar-refractivity contribution in [3.05, 3.63) is 29.3 Å². The molecule has 0 radical (unpaired) electrons. The van der Waals surface area contributed by atoms with Gasteiger partial charge >= 0.3 is 0 Å². The number of benzene rings is 1. The fraction of sp³-hybridized carbons (Fsp3) is 0.308. The number of carbonyl (C=O) groups is 1. The largest absolute Gasteiger partial charge is 0.398 e. The van der Waals surface area contributed by atoms with Gasteiger partial charge in [0.25, 0.3) is 0 Å². The van der Waals surface area contributed by atoms with Crippen molar-refractivity contribution in [1.29, 1.82) is 0 Å². The van der Waals surface area contributed by atoms with E-state index in [9.17, 15) is 4.79 Å². The summed E-state index contributed by atoms with van der Waals surface area (Å²) in [5, 5.41) is 3.02. The van der Waals surface area contributed by atoms with Crippen LogP contribution in [-0.2, 0) is 0 Å². The SMILES string of the molecule is CNCCC#Cc1ccc(N)c(C(C)=O)c1. The van der Waals surface area contributed by atoms with E-state index in [1.54, 1.807) is 12.1 Å². The lowest BCUT2D eigenvalue weighted by atomic mass is 10.1. The minimum Gasteiger partial charge on any atom is -0.398 e. The Hall–Kier alpha value is -1.79. The predicted octanol–water partition coefficient (Wildman–Crippen LogP) is 1.43. The summed E-state index contributed by atoms with van der Waals surface area (Å²) in [6.45, 7) is 2.37. The smallest absolute Gasteiger partial charge is 0.161 e. The molecule has 3 N–H and O–H groups in total. The van der Waals surface area contributed by atoms with E-state index in [0.717, 1.165) is 18.5 Å². The first-order chi connectivity index (χ1) is 7.65. The Labute approximate surface area is 96.0 Å². The molecule has 0 bridgehead atoms. The monoisotopic (exact) mass is 216 g/mol. The Morgan fingerprint density at radius 1 is 1.50 bits per heavy atom. The first-order valence-electron chi connectivity index (χ1n) is 5.19. The van der Waals surface area contributed by atoms with Crippen LogP contribution in [0.3, 0.4) is 0 Å². The third-order valence-corrected chi connectivity index (χ3v) is 2.17. The summed E-state index contributed by atoms with van der Waals surface area (Å²) in [4.78, 5) is 11.3. The molecule has 3 heteroatoms. The van der Waals surface area contributed by atoms with Crippen LogP contribution in [0.2, 0.25) is 0 Å². The van der Waals surface area contributed by atoms with Gasteiger partial charge in [-0.15, -0.1) is 0 Å². The molecule has 0 amide bonds. The molecule has 0 heterocycles. The molecule has 16 heavy (non-hydrogen) atoms. The van der Waals surface area contributed by atoms with Gasteiger partial charge in [-0.05, 0) is 32.2 Å². The molecule has 1 rings (SSSR count). The van der Waals surface area contributed by atoms with Gasteiger partial charge < -0.3 is 11.1 Å². The van der Waals surface area contributed by atoms with Crippen molar-refractivity contribution in [3.63, 3.8) is 0 Å². The number of nitrogens with two attached hydrogens (primary N) is 1. The quantitative estimate of drug-likeness (QED) is 0.348. The van der Waals surface area contributed by atoms with E-state index < -0.39 is 0 Å². The minimum absolute atomic E-state index is 0.0311. The molecule has 3 nitrogen and oxygen atoms in total. The Morgan fingerprint density at radius 2 is 2.25 bits per heavy atom. The molecule has 0 atom stereocenters. The molecule has 0 aliphatic rings. The molecule has 0 aliphatic heterocycles. The van der Waals surface area contributed by atoms with Crippen molar-refractivity contribution in [2.75, 3.05) is 19.3 Å². The van der Waals surface area contributed by atoms with Crippen LogP contribution in [-0.4, -0.2) is 19.4 Å². The molecule has 84 valence electrons. The van der Waals surface area contributed by atoms with Gasteiger partial charge in [-0.3, -0.25) is 4.79 Å². The summed E-state index contributed by atoms with van der Waals surface area (Å²) < 4.78 is 0. The summed E-state index contributed by atoms with van der Waals surface area (Å²) in [5.74, 6) is 6.00. The predicted molar refractivity (Wildman–Crippen MR) is 66.3 cm³/mol. The number of rotatable bonds is 3. The van der Waals surface area contributed by atoms with Crippen LogP contribution in [0.4, 0.5) is 5.69 Å². The Balaban J connectivity index is 2.85. The molecule has 0 aliphatic carbocycles. The summed E-state index contributed by atoms with van der Waals surface area (Å²) in [6, 6.07) is 5.29. The van der Waals surface area contributed by atoms with Crippen LogP contribution in [0, 0.1) is 11.8 Å². The fourth-order valence-corrected chi connectivity index (χ4v) is 1.29. The fourth-order valence-electron chi connectivity index (χ4n) is 1.29. The molecule has 0 aromatic heterocycles. The Bertz CT molecular complexity index is 441. The van der Waals surface area contributed by atoms with Crippen molar-refractivity contribution in [3.8, 4) is 11.8 Å². The van der Waals surface area contributed by atoms with Crippen LogP contribution >= 0.6 is 0 Å². The van der Waals surface area contributed by atoms with Gasteiger partial charge in [0.1, 0.15) is 0 Å². The van der Waals surface area contributed by atoms with Crippen molar-refractivity contribution >= 4 is 11.5 Å². The van der Waals surface area contributed by atoms with E-state index in [1.807, 2.05) is 13.1 Å². The average Bonchev–Trinajstić information content (AvgIpc) is 2.26. The summed E-state index contributed by atoms with van der Waals surface area (Å²) in [7, 11) is 1.89. The zero-order valence-corrected chi connectivity index (χ0v) is 9.63. The summed E-state index contributed by atoms with van der Waals surface area (Å²) in [5.41, 5.74) is 7.57. The van der Waals surface area contributed by atoms with Crippen molar-refractivity contribution in [2.45, 2.75) is 13.3 Å². The Morgan fingerprint density at radius 3 is 2.88 bits per heavy atom. The van der Waals surface area contributed by atoms with Gasteiger partial charge in [-0.2, -0.15) is 0 Å². The highest BCUT2D eigenvalue weighted by Gasteiger charge is 2.04. The van der Waals surface area contributed by atoms with Gasteiger partial charge in [0.05, 0.1) is 0 Å². The lowest BCUT2D eigenvalue weighted by Gasteiger charge is -2.01. The summed E-state index contributed by atoms with van der Waals surface area (Å²) in [6.07, 6.45) is 0.788. The topological polar surface area (TPSA) is 55.1 Å². The maximum atomic E-state index is 11.3. The second-order valence-corrected chi connectivity index (χ2v) is 3.51. The van der Waals surface area contributed by atoms with Crippen molar-refractivity contribution < 1.29 is 4.79 Å². The molecule has 1 aromatic rings. The highest BCUT2D eigenvalue weighted by molar-refractivity contribution is 5.99. The maximum Gasteiger partial charge on any atom is 0.161 e. The molecular weight excluding hydrogens is 200 g/mol. The van der Waals surface area contributed by atoms with Crippen LogP contribution < -0.4 is 11.1 Å². The van der Waals surface area contributed by atoms with Gasteiger partial charge in [0.15, 0.2) is 5.78 Å². The van der Waals surface area contributed by atoms with E-state index in [1.165, 1.54) is 6.92 Å². The maximum absolute atomic E-state index is 11.3. The van der Waals surface area contributed by atoms with Crippen LogP contribution in [0.1, 0.15) is 29.3 Å². The molecule has 0 fully saturated rings. The zero-order chi connectivity index (χ0) is 12.0. The molecule has 0 spiro atoms. The number of anilines is 1. The van der Waals surface area contributed by atoms with E-state index in [0.29, 0.717) is 11.3 Å². The molecule has 0 saturated heterocycles. The van der Waals surface area contributed by atoms with Gasteiger partial charge in [-0.25, -0.2) is 0 Å². The van der Waals surface area contributed by atoms with E-state index in [4.69, 9.17) is 5.73 Å². The zero-order valence-electron chi connectivity index (χ0n) is 9.63. The average molecular weight is 216 g/mol. The number of nitrogens with one attached hydrogen (secondary N) is 1. The summed E-state index contributed by atoms with van der Waals surface area (Å²) >= 11 is 0. The number of nitrogen functional groups attached to an aromatic ring is 1. The van der Waals surface area contributed by atoms with Gasteiger partial charge in [0.2, 0.25) is 0 Å². The van der Waals surface area contributed by atoms with E-state index in [-0.39, 0.29) is 5.78 Å². The number of ketones is 1. The minimum atomic E-state index is -0.0311. The lowest BCUT2D eigenvalue weighted by molar-refractivity contribution is 0.101. The van der Waals surface area contributed by atoms with Crippen LogP contribution in [0.5, 0.6) is 0 Å². The normalized spacial score (nSPS) is 9.38. The third kappa shape index (κ3) is 3.41. The van der Waals surface area contributed by atoms with E-state index in [2.05, 4.69) is 17.2 Å². The lowest BCUT2D eigenvalue weighted by Crippen LogP contribution is -2.05. The number of hydrogen-bond donors (Lipinski definition) is 2. The Kier molecular flexibility index (Phi) is 4.56. The highest BCUT2D eigenvalue weighted by atomic mass is 16.1. The molecular formula is C13H16N2O. The number of Topliss-reactive ketones (excluding diaryl/α,β-unsaturated/α-hetero) is 1. The van der Waals surface area contributed by atoms with Crippen molar-refractivity contribution in [1.82, 2.24) is 5.32 Å².